The van der Waals surface area contributed by atoms with Crippen molar-refractivity contribution in [1.29, 1.82) is 0 Å². The molecule has 0 bridgehead atoms. The lowest BCUT2D eigenvalue weighted by Gasteiger charge is -2.28. The van der Waals surface area contributed by atoms with E-state index < -0.39 is 11.9 Å². The van der Waals surface area contributed by atoms with Crippen LogP contribution in [0, 0.1) is 11.8 Å². The van der Waals surface area contributed by atoms with Crippen molar-refractivity contribution in [3.63, 3.8) is 0 Å². The Balaban J connectivity index is 2.43. The molecule has 1 aliphatic carbocycles. The molecule has 2 N–H and O–H groups in total. The lowest BCUT2D eigenvalue weighted by molar-refractivity contribution is -0.149. The molecule has 19 heavy (non-hydrogen) atoms. The van der Waals surface area contributed by atoms with Crippen LogP contribution in [0.4, 0.5) is 0 Å². The second-order valence-corrected chi connectivity index (χ2v) is 5.74. The summed E-state index contributed by atoms with van der Waals surface area (Å²) in [6, 6.07) is 0.149. The van der Waals surface area contributed by atoms with Crippen LogP contribution in [0.5, 0.6) is 0 Å². The molecule has 0 saturated heterocycles. The Morgan fingerprint density at radius 1 is 1.21 bits per heavy atom. The second kappa shape index (κ2) is 8.18. The molecule has 3 atom stereocenters. The fourth-order valence-electron chi connectivity index (χ4n) is 2.86. The molecule has 0 spiro atoms. The number of aliphatic carboxylic acids is 1. The zero-order valence-electron chi connectivity index (χ0n) is 12.2. The van der Waals surface area contributed by atoms with Crippen molar-refractivity contribution in [3.05, 3.63) is 0 Å². The standard InChI is InChI=1S/C15H27NO3/c1-3-4-5-8-11(2)16-14(17)12-9-6-7-10-13(12)15(18)19/h11-13H,3-10H2,1-2H3,(H,16,17)(H,18,19)/t11-,12+,13+/m1/s1. The molecular weight excluding hydrogens is 242 g/mol. The Kier molecular flexibility index (Phi) is 6.89. The third kappa shape index (κ3) is 5.21. The fraction of sp³-hybridized carbons (Fsp3) is 0.867. The van der Waals surface area contributed by atoms with Gasteiger partial charge in [0, 0.05) is 6.04 Å². The maximum absolute atomic E-state index is 12.2. The molecule has 4 nitrogen and oxygen atoms in total. The van der Waals surface area contributed by atoms with Crippen LogP contribution in [-0.4, -0.2) is 23.0 Å². The molecule has 0 heterocycles. The molecule has 0 aromatic heterocycles. The highest BCUT2D eigenvalue weighted by Gasteiger charge is 2.35. The van der Waals surface area contributed by atoms with Gasteiger partial charge in [-0.2, -0.15) is 0 Å². The minimum absolute atomic E-state index is 0.0592. The van der Waals surface area contributed by atoms with Crippen LogP contribution >= 0.6 is 0 Å². The summed E-state index contributed by atoms with van der Waals surface area (Å²) < 4.78 is 0. The van der Waals surface area contributed by atoms with Gasteiger partial charge in [0.2, 0.25) is 5.91 Å². The molecule has 0 aliphatic heterocycles. The van der Waals surface area contributed by atoms with Gasteiger partial charge >= 0.3 is 5.97 Å². The van der Waals surface area contributed by atoms with E-state index >= 15 is 0 Å². The molecule has 4 heteroatoms. The van der Waals surface area contributed by atoms with Gasteiger partial charge < -0.3 is 10.4 Å². The maximum atomic E-state index is 12.2. The Hall–Kier alpha value is -1.06. The highest BCUT2D eigenvalue weighted by Crippen LogP contribution is 2.30. The Morgan fingerprint density at radius 3 is 2.42 bits per heavy atom. The number of rotatable bonds is 7. The van der Waals surface area contributed by atoms with Crippen LogP contribution in [0.1, 0.15) is 65.2 Å². The molecule has 1 aliphatic rings. The van der Waals surface area contributed by atoms with E-state index in [9.17, 15) is 14.7 Å². The van der Waals surface area contributed by atoms with E-state index in [-0.39, 0.29) is 17.9 Å². The summed E-state index contributed by atoms with van der Waals surface area (Å²) in [5.74, 6) is -1.70. The van der Waals surface area contributed by atoms with Gasteiger partial charge in [-0.15, -0.1) is 0 Å². The predicted octanol–water partition coefficient (Wildman–Crippen LogP) is 2.96. The van der Waals surface area contributed by atoms with Gasteiger partial charge in [-0.05, 0) is 26.2 Å². The predicted molar refractivity (Wildman–Crippen MR) is 74.8 cm³/mol. The van der Waals surface area contributed by atoms with Gasteiger partial charge in [0.05, 0.1) is 11.8 Å². The topological polar surface area (TPSA) is 66.4 Å². The summed E-state index contributed by atoms with van der Waals surface area (Å²) in [6.45, 7) is 4.16. The summed E-state index contributed by atoms with van der Waals surface area (Å²) in [7, 11) is 0. The van der Waals surface area contributed by atoms with E-state index in [4.69, 9.17) is 0 Å². The average Bonchev–Trinajstić information content (AvgIpc) is 2.39. The first-order chi connectivity index (χ1) is 9.06. The van der Waals surface area contributed by atoms with E-state index in [0.29, 0.717) is 12.8 Å². The second-order valence-electron chi connectivity index (χ2n) is 5.74. The summed E-state index contributed by atoms with van der Waals surface area (Å²) in [5, 5.41) is 12.2. The molecule has 0 unspecified atom stereocenters. The van der Waals surface area contributed by atoms with Gasteiger partial charge in [0.25, 0.3) is 0 Å². The van der Waals surface area contributed by atoms with Crippen LogP contribution in [0.2, 0.25) is 0 Å². The first kappa shape index (κ1) is 16.0. The molecule has 1 amide bonds. The van der Waals surface area contributed by atoms with Crippen LogP contribution in [0.25, 0.3) is 0 Å². The Bertz CT molecular complexity index is 304. The highest BCUT2D eigenvalue weighted by atomic mass is 16.4. The van der Waals surface area contributed by atoms with Crippen LogP contribution in [0.15, 0.2) is 0 Å². The van der Waals surface area contributed by atoms with Crippen LogP contribution < -0.4 is 5.32 Å². The number of hydrogen-bond donors (Lipinski definition) is 2. The largest absolute Gasteiger partial charge is 0.481 e. The highest BCUT2D eigenvalue weighted by molar-refractivity contribution is 5.85. The Morgan fingerprint density at radius 2 is 1.84 bits per heavy atom. The normalized spacial score (nSPS) is 24.7. The van der Waals surface area contributed by atoms with E-state index in [0.717, 1.165) is 25.7 Å². The SMILES string of the molecule is CCCCC[C@@H](C)NC(=O)[C@H]1CCCC[C@@H]1C(=O)O. The summed E-state index contributed by atoms with van der Waals surface area (Å²) in [5.41, 5.74) is 0. The van der Waals surface area contributed by atoms with Crippen molar-refractivity contribution in [2.75, 3.05) is 0 Å². The smallest absolute Gasteiger partial charge is 0.307 e. The van der Waals surface area contributed by atoms with Crippen LogP contribution in [0.3, 0.4) is 0 Å². The van der Waals surface area contributed by atoms with Crippen molar-refractivity contribution in [2.45, 2.75) is 71.3 Å². The number of carboxylic acids is 1. The third-order valence-corrected chi connectivity index (χ3v) is 4.05. The summed E-state index contributed by atoms with van der Waals surface area (Å²) in [4.78, 5) is 23.4. The van der Waals surface area contributed by atoms with Crippen molar-refractivity contribution in [1.82, 2.24) is 5.32 Å². The first-order valence-corrected chi connectivity index (χ1v) is 7.59. The monoisotopic (exact) mass is 269 g/mol. The van der Waals surface area contributed by atoms with E-state index in [1.165, 1.54) is 12.8 Å². The van der Waals surface area contributed by atoms with E-state index in [1.54, 1.807) is 0 Å². The van der Waals surface area contributed by atoms with Crippen molar-refractivity contribution < 1.29 is 14.7 Å². The number of carbonyl (C=O) groups excluding carboxylic acids is 1. The quantitative estimate of drug-likeness (QED) is 0.698. The van der Waals surface area contributed by atoms with Gasteiger partial charge in [0.1, 0.15) is 0 Å². The molecule has 110 valence electrons. The first-order valence-electron chi connectivity index (χ1n) is 7.59. The molecule has 1 saturated carbocycles. The van der Waals surface area contributed by atoms with Crippen molar-refractivity contribution in [2.24, 2.45) is 11.8 Å². The van der Waals surface area contributed by atoms with E-state index in [2.05, 4.69) is 12.2 Å². The zero-order valence-corrected chi connectivity index (χ0v) is 12.2. The molecule has 1 rings (SSSR count). The summed E-state index contributed by atoms with van der Waals surface area (Å²) in [6.07, 6.45) is 7.68. The van der Waals surface area contributed by atoms with Gasteiger partial charge in [-0.1, -0.05) is 39.0 Å². The lowest BCUT2D eigenvalue weighted by Crippen LogP contribution is -2.43. The average molecular weight is 269 g/mol. The van der Waals surface area contributed by atoms with Crippen LogP contribution in [-0.2, 0) is 9.59 Å². The van der Waals surface area contributed by atoms with Crippen molar-refractivity contribution in [3.8, 4) is 0 Å². The molecule has 1 fully saturated rings. The maximum Gasteiger partial charge on any atom is 0.307 e. The van der Waals surface area contributed by atoms with Gasteiger partial charge in [-0.25, -0.2) is 0 Å². The molecule has 0 aromatic rings. The Labute approximate surface area is 116 Å². The number of carboxylic acid groups (broad SMARTS) is 1. The minimum Gasteiger partial charge on any atom is -0.481 e. The van der Waals surface area contributed by atoms with E-state index in [1.807, 2.05) is 6.92 Å². The molecule has 0 aromatic carbocycles. The van der Waals surface area contributed by atoms with Gasteiger partial charge in [0.15, 0.2) is 0 Å². The third-order valence-electron chi connectivity index (χ3n) is 4.05. The fourth-order valence-corrected chi connectivity index (χ4v) is 2.86. The molecule has 0 radical (unpaired) electrons. The molecular formula is C15H27NO3. The van der Waals surface area contributed by atoms with Crippen molar-refractivity contribution >= 4 is 11.9 Å². The number of nitrogens with one attached hydrogen (secondary N) is 1. The van der Waals surface area contributed by atoms with Gasteiger partial charge in [-0.3, -0.25) is 9.59 Å². The summed E-state index contributed by atoms with van der Waals surface area (Å²) >= 11 is 0. The number of carbonyl (C=O) groups is 2. The minimum atomic E-state index is -0.821. The zero-order chi connectivity index (χ0) is 14.3. The number of unbranched alkanes of at least 4 members (excludes halogenated alkanes) is 2. The number of amides is 1. The lowest BCUT2D eigenvalue weighted by atomic mass is 9.78. The number of hydrogen-bond acceptors (Lipinski definition) is 2.